The molecule has 138 valence electrons. The molecule has 0 aliphatic rings. The molecule has 3 rings (SSSR count). The zero-order valence-electron chi connectivity index (χ0n) is 14.7. The van der Waals surface area contributed by atoms with Gasteiger partial charge in [0.2, 0.25) is 0 Å². The summed E-state index contributed by atoms with van der Waals surface area (Å²) in [6, 6.07) is 7.54. The number of H-pyrrole nitrogens is 1. The molecule has 0 bridgehead atoms. The number of fused-ring (bicyclic) bond motifs is 1. The van der Waals surface area contributed by atoms with E-state index in [0.717, 1.165) is 5.56 Å². The van der Waals surface area contributed by atoms with Crippen LogP contribution in [0, 0.1) is 6.92 Å². The van der Waals surface area contributed by atoms with E-state index in [4.69, 9.17) is 4.74 Å². The van der Waals surface area contributed by atoms with Crippen LogP contribution in [0.1, 0.15) is 5.56 Å². The second kappa shape index (κ2) is 7.38. The molecule has 0 saturated carbocycles. The van der Waals surface area contributed by atoms with E-state index >= 15 is 0 Å². The van der Waals surface area contributed by atoms with Gasteiger partial charge >= 0.3 is 5.69 Å². The molecule has 8 nitrogen and oxygen atoms in total. The zero-order chi connectivity index (χ0) is 18.8. The van der Waals surface area contributed by atoms with E-state index in [9.17, 15) is 14.7 Å². The minimum Gasteiger partial charge on any atom is -0.491 e. The van der Waals surface area contributed by atoms with Crippen molar-refractivity contribution < 1.29 is 9.84 Å². The summed E-state index contributed by atoms with van der Waals surface area (Å²) in [5.74, 6) is 0.701. The predicted molar refractivity (Wildman–Crippen MR) is 100 cm³/mol. The maximum Gasteiger partial charge on any atom is 0.329 e. The van der Waals surface area contributed by atoms with E-state index in [0.29, 0.717) is 10.9 Å². The number of hydrogen-bond acceptors (Lipinski definition) is 6. The molecule has 1 aromatic carbocycles. The van der Waals surface area contributed by atoms with Crippen LogP contribution in [-0.4, -0.2) is 43.2 Å². The monoisotopic (exact) mass is 376 g/mol. The first-order chi connectivity index (χ1) is 12.4. The Morgan fingerprint density at radius 3 is 2.77 bits per heavy atom. The highest BCUT2D eigenvalue weighted by Gasteiger charge is 2.19. The highest BCUT2D eigenvalue weighted by Crippen LogP contribution is 2.20. The number of para-hydroxylation sites is 1. The third-order valence-electron chi connectivity index (χ3n) is 4.07. The fraction of sp³-hybridized carbons (Fsp3) is 0.353. The van der Waals surface area contributed by atoms with Gasteiger partial charge in [-0.1, -0.05) is 30.0 Å². The van der Waals surface area contributed by atoms with Crippen molar-refractivity contribution in [2.45, 2.75) is 24.7 Å². The molecule has 2 N–H and O–H groups in total. The minimum absolute atomic E-state index is 0.0714. The van der Waals surface area contributed by atoms with Crippen LogP contribution in [0.4, 0.5) is 0 Å². The Bertz CT molecular complexity index is 1050. The molecular formula is C17H20N4O4S. The summed E-state index contributed by atoms with van der Waals surface area (Å²) in [7, 11) is 1.54. The number of imidazole rings is 1. The summed E-state index contributed by atoms with van der Waals surface area (Å²) in [4.78, 5) is 30.6. The number of ether oxygens (including phenoxy) is 1. The van der Waals surface area contributed by atoms with Crippen molar-refractivity contribution in [3.05, 3.63) is 50.7 Å². The van der Waals surface area contributed by atoms with Gasteiger partial charge in [0, 0.05) is 7.05 Å². The highest BCUT2D eigenvalue weighted by atomic mass is 32.2. The average Bonchev–Trinajstić information content (AvgIpc) is 2.98. The van der Waals surface area contributed by atoms with Gasteiger partial charge in [-0.3, -0.25) is 14.3 Å². The van der Waals surface area contributed by atoms with Crippen LogP contribution in [0.2, 0.25) is 0 Å². The molecule has 0 aliphatic carbocycles. The lowest BCUT2D eigenvalue weighted by atomic mass is 10.2. The number of nitrogens with one attached hydrogen (secondary N) is 1. The summed E-state index contributed by atoms with van der Waals surface area (Å²) < 4.78 is 8.57. The molecule has 2 aromatic heterocycles. The second-order valence-corrected chi connectivity index (χ2v) is 6.70. The first-order valence-electron chi connectivity index (χ1n) is 8.02. The molecule has 3 aromatic rings. The Morgan fingerprint density at radius 2 is 2.08 bits per heavy atom. The topological polar surface area (TPSA) is 102 Å². The largest absolute Gasteiger partial charge is 0.491 e. The van der Waals surface area contributed by atoms with Gasteiger partial charge in [-0.25, -0.2) is 9.78 Å². The molecule has 2 heterocycles. The number of rotatable bonds is 6. The van der Waals surface area contributed by atoms with Crippen molar-refractivity contribution in [1.82, 2.24) is 19.1 Å². The fourth-order valence-corrected chi connectivity index (χ4v) is 3.27. The molecule has 0 amide bonds. The van der Waals surface area contributed by atoms with E-state index in [1.807, 2.05) is 37.4 Å². The molecular weight excluding hydrogens is 356 g/mol. The number of aliphatic hydroxyl groups excluding tert-OH is 1. The SMILES string of the molecule is CSc1nc2c(c(=O)[nH]c(=O)n2C)n1C[C@@H](O)COc1ccccc1C. The van der Waals surface area contributed by atoms with Gasteiger partial charge in [0.1, 0.15) is 18.5 Å². The number of aryl methyl sites for hydroxylation is 2. The predicted octanol–water partition coefficient (Wildman–Crippen LogP) is 0.894. The maximum atomic E-state index is 12.3. The molecule has 0 unspecified atom stereocenters. The normalized spacial score (nSPS) is 12.5. The molecule has 0 fully saturated rings. The lowest BCUT2D eigenvalue weighted by Gasteiger charge is -2.15. The first-order valence-corrected chi connectivity index (χ1v) is 9.25. The summed E-state index contributed by atoms with van der Waals surface area (Å²) in [5.41, 5.74) is 0.469. The number of aromatic amines is 1. The zero-order valence-corrected chi connectivity index (χ0v) is 15.5. The highest BCUT2D eigenvalue weighted by molar-refractivity contribution is 7.98. The van der Waals surface area contributed by atoms with Gasteiger partial charge < -0.3 is 14.4 Å². The Kier molecular flexibility index (Phi) is 5.19. The standard InChI is InChI=1S/C17H20N4O4S/c1-10-6-4-5-7-12(10)25-9-11(22)8-21-13-14(18-17(21)26-3)20(2)16(24)19-15(13)23/h4-7,11,22H,8-9H2,1-3H3,(H,19,23,24)/t11-/m1/s1. The Labute approximate surface area is 153 Å². The van der Waals surface area contributed by atoms with E-state index in [1.165, 1.54) is 16.3 Å². The molecule has 0 spiro atoms. The fourth-order valence-electron chi connectivity index (χ4n) is 2.71. The van der Waals surface area contributed by atoms with Crippen LogP contribution in [0.25, 0.3) is 11.2 Å². The second-order valence-electron chi connectivity index (χ2n) is 5.93. The summed E-state index contributed by atoms with van der Waals surface area (Å²) in [5, 5.41) is 10.9. The lowest BCUT2D eigenvalue weighted by molar-refractivity contribution is 0.0910. The number of benzene rings is 1. The Morgan fingerprint density at radius 1 is 1.35 bits per heavy atom. The molecule has 9 heteroatoms. The van der Waals surface area contributed by atoms with Gasteiger partial charge in [0.25, 0.3) is 5.56 Å². The van der Waals surface area contributed by atoms with E-state index in [2.05, 4.69) is 9.97 Å². The number of thioether (sulfide) groups is 1. The molecule has 26 heavy (non-hydrogen) atoms. The van der Waals surface area contributed by atoms with Crippen LogP contribution < -0.4 is 16.0 Å². The van der Waals surface area contributed by atoms with E-state index in [-0.39, 0.29) is 24.3 Å². The van der Waals surface area contributed by atoms with Gasteiger partial charge in [-0.05, 0) is 24.8 Å². The minimum atomic E-state index is -0.852. The van der Waals surface area contributed by atoms with Crippen LogP contribution >= 0.6 is 11.8 Å². The number of hydrogen-bond donors (Lipinski definition) is 2. The van der Waals surface area contributed by atoms with Crippen LogP contribution in [-0.2, 0) is 13.6 Å². The quantitative estimate of drug-likeness (QED) is 0.620. The van der Waals surface area contributed by atoms with Crippen LogP contribution in [0.15, 0.2) is 39.0 Å². The lowest BCUT2D eigenvalue weighted by Crippen LogP contribution is -2.30. The molecule has 0 saturated heterocycles. The van der Waals surface area contributed by atoms with E-state index in [1.54, 1.807) is 11.6 Å². The molecule has 0 radical (unpaired) electrons. The van der Waals surface area contributed by atoms with Crippen molar-refractivity contribution in [3.63, 3.8) is 0 Å². The summed E-state index contributed by atoms with van der Waals surface area (Å²) >= 11 is 1.34. The van der Waals surface area contributed by atoms with Gasteiger partial charge in [-0.15, -0.1) is 0 Å². The van der Waals surface area contributed by atoms with Gasteiger partial charge in [0.15, 0.2) is 16.3 Å². The third kappa shape index (κ3) is 3.40. The summed E-state index contributed by atoms with van der Waals surface area (Å²) in [6.45, 7) is 2.12. The molecule has 0 aliphatic heterocycles. The maximum absolute atomic E-state index is 12.3. The summed E-state index contributed by atoms with van der Waals surface area (Å²) in [6.07, 6.45) is 0.967. The smallest absolute Gasteiger partial charge is 0.329 e. The van der Waals surface area contributed by atoms with Crippen molar-refractivity contribution in [2.24, 2.45) is 7.05 Å². The van der Waals surface area contributed by atoms with Crippen molar-refractivity contribution in [1.29, 1.82) is 0 Å². The van der Waals surface area contributed by atoms with Crippen molar-refractivity contribution in [2.75, 3.05) is 12.9 Å². The molecule has 1 atom stereocenters. The van der Waals surface area contributed by atoms with Crippen LogP contribution in [0.3, 0.4) is 0 Å². The number of nitrogens with zero attached hydrogens (tertiary/aromatic N) is 3. The van der Waals surface area contributed by atoms with Gasteiger partial charge in [-0.2, -0.15) is 0 Å². The van der Waals surface area contributed by atoms with Gasteiger partial charge in [0.05, 0.1) is 6.54 Å². The average molecular weight is 376 g/mol. The first kappa shape index (κ1) is 18.3. The Balaban J connectivity index is 1.88. The van der Waals surface area contributed by atoms with Crippen LogP contribution in [0.5, 0.6) is 5.75 Å². The van der Waals surface area contributed by atoms with E-state index < -0.39 is 17.4 Å². The number of aliphatic hydroxyl groups is 1. The third-order valence-corrected chi connectivity index (χ3v) is 4.75. The Hall–Kier alpha value is -2.52. The van der Waals surface area contributed by atoms with Crippen molar-refractivity contribution >= 4 is 22.9 Å². The number of aromatic nitrogens is 4. The van der Waals surface area contributed by atoms with Crippen molar-refractivity contribution in [3.8, 4) is 5.75 Å².